The maximum atomic E-state index is 12.0. The zero-order valence-electron chi connectivity index (χ0n) is 10.2. The van der Waals surface area contributed by atoms with Gasteiger partial charge in [0.1, 0.15) is 10.4 Å². The Morgan fingerprint density at radius 3 is 2.72 bits per heavy atom. The summed E-state index contributed by atoms with van der Waals surface area (Å²) >= 11 is 1.25. The average Bonchev–Trinajstić information content (AvgIpc) is 2.73. The molecule has 18 heavy (non-hydrogen) atoms. The Morgan fingerprint density at radius 1 is 1.50 bits per heavy atom. The monoisotopic (exact) mass is 265 g/mol. The highest BCUT2D eigenvalue weighted by molar-refractivity contribution is 7.12. The highest BCUT2D eigenvalue weighted by Gasteiger charge is 2.28. The van der Waals surface area contributed by atoms with E-state index in [9.17, 15) is 9.59 Å². The number of hydrogen-bond acceptors (Lipinski definition) is 4. The van der Waals surface area contributed by atoms with Gasteiger partial charge in [0.05, 0.1) is 6.54 Å². The van der Waals surface area contributed by atoms with Crippen LogP contribution < -0.4 is 16.8 Å². The molecule has 5 nitrogen and oxygen atoms in total. The van der Waals surface area contributed by atoms with E-state index in [0.717, 1.165) is 0 Å². The quantitative estimate of drug-likeness (QED) is 0.673. The molecule has 0 saturated carbocycles. The minimum absolute atomic E-state index is 0.226. The van der Waals surface area contributed by atoms with Crippen molar-refractivity contribution in [1.29, 1.82) is 0 Å². The second-order valence-electron chi connectivity index (χ2n) is 4.11. The van der Waals surface area contributed by atoms with Crippen LogP contribution in [0.25, 0.3) is 0 Å². The largest absolute Gasteiger partial charge is 0.368 e. The number of nitrogens with two attached hydrogens (primary N) is 2. The second-order valence-corrected chi connectivity index (χ2v) is 5.03. The highest BCUT2D eigenvalue weighted by atomic mass is 32.1. The Bertz CT molecular complexity index is 523. The van der Waals surface area contributed by atoms with E-state index < -0.39 is 11.4 Å². The van der Waals surface area contributed by atoms with Crippen molar-refractivity contribution in [2.45, 2.75) is 19.4 Å². The highest BCUT2D eigenvalue weighted by Crippen LogP contribution is 2.16. The van der Waals surface area contributed by atoms with E-state index in [-0.39, 0.29) is 12.5 Å². The van der Waals surface area contributed by atoms with E-state index in [4.69, 9.17) is 11.5 Å². The standard InChI is InChI=1S/C12H15N3O2S/c1-12(2,11(14)17)15-10(16)9-8(4-3-6-13)5-7-18-9/h5,7H,6,13H2,1-2H3,(H2,14,17)(H,15,16). The minimum atomic E-state index is -1.10. The van der Waals surface area contributed by atoms with Crippen LogP contribution in [0.15, 0.2) is 11.4 Å². The molecule has 0 aliphatic rings. The van der Waals surface area contributed by atoms with Gasteiger partial charge in [0.15, 0.2) is 0 Å². The van der Waals surface area contributed by atoms with Gasteiger partial charge in [-0.15, -0.1) is 11.3 Å². The average molecular weight is 265 g/mol. The van der Waals surface area contributed by atoms with Crippen molar-refractivity contribution >= 4 is 23.2 Å². The lowest BCUT2D eigenvalue weighted by Crippen LogP contribution is -2.52. The maximum Gasteiger partial charge on any atom is 0.263 e. The van der Waals surface area contributed by atoms with E-state index >= 15 is 0 Å². The Balaban J connectivity index is 2.92. The zero-order chi connectivity index (χ0) is 13.8. The molecule has 1 heterocycles. The lowest BCUT2D eigenvalue weighted by Gasteiger charge is -2.21. The molecular formula is C12H15N3O2S. The normalized spacial score (nSPS) is 10.4. The predicted molar refractivity (Wildman–Crippen MR) is 71.0 cm³/mol. The van der Waals surface area contributed by atoms with E-state index in [0.29, 0.717) is 10.4 Å². The zero-order valence-corrected chi connectivity index (χ0v) is 11.1. The van der Waals surface area contributed by atoms with Crippen molar-refractivity contribution in [1.82, 2.24) is 5.32 Å². The van der Waals surface area contributed by atoms with Crippen LogP contribution in [0.1, 0.15) is 29.1 Å². The van der Waals surface area contributed by atoms with Gasteiger partial charge in [0.2, 0.25) is 5.91 Å². The fourth-order valence-electron chi connectivity index (χ4n) is 1.13. The Morgan fingerprint density at radius 2 is 2.17 bits per heavy atom. The van der Waals surface area contributed by atoms with Crippen molar-refractivity contribution < 1.29 is 9.59 Å². The van der Waals surface area contributed by atoms with Gasteiger partial charge in [-0.1, -0.05) is 11.8 Å². The van der Waals surface area contributed by atoms with Crippen molar-refractivity contribution in [3.63, 3.8) is 0 Å². The van der Waals surface area contributed by atoms with Crippen LogP contribution in [0.5, 0.6) is 0 Å². The molecule has 2 amide bonds. The molecule has 6 heteroatoms. The second kappa shape index (κ2) is 5.67. The lowest BCUT2D eigenvalue weighted by molar-refractivity contribution is -0.122. The first-order valence-electron chi connectivity index (χ1n) is 5.27. The molecule has 1 rings (SSSR count). The van der Waals surface area contributed by atoms with Crippen LogP contribution >= 0.6 is 11.3 Å². The summed E-state index contributed by atoms with van der Waals surface area (Å²) in [6.45, 7) is 3.32. The molecule has 5 N–H and O–H groups in total. The van der Waals surface area contributed by atoms with Crippen molar-refractivity contribution in [3.05, 3.63) is 21.9 Å². The van der Waals surface area contributed by atoms with Crippen LogP contribution in [0, 0.1) is 11.8 Å². The molecular weight excluding hydrogens is 250 g/mol. The molecule has 0 radical (unpaired) electrons. The van der Waals surface area contributed by atoms with Crippen molar-refractivity contribution in [3.8, 4) is 11.8 Å². The molecule has 96 valence electrons. The van der Waals surface area contributed by atoms with Crippen LogP contribution in [-0.2, 0) is 4.79 Å². The molecule has 0 spiro atoms. The molecule has 0 unspecified atom stereocenters. The lowest BCUT2D eigenvalue weighted by atomic mass is 10.0. The summed E-state index contributed by atoms with van der Waals surface area (Å²) in [5.74, 6) is 4.53. The van der Waals surface area contributed by atoms with E-state index in [1.165, 1.54) is 11.3 Å². The smallest absolute Gasteiger partial charge is 0.263 e. The number of thiophene rings is 1. The summed E-state index contributed by atoms with van der Waals surface area (Å²) < 4.78 is 0. The van der Waals surface area contributed by atoms with E-state index in [1.807, 2.05) is 0 Å². The Labute approximate surface area is 110 Å². The minimum Gasteiger partial charge on any atom is -0.368 e. The van der Waals surface area contributed by atoms with Gasteiger partial charge < -0.3 is 16.8 Å². The summed E-state index contributed by atoms with van der Waals surface area (Å²) in [6, 6.07) is 1.74. The number of rotatable bonds is 3. The fourth-order valence-corrected chi connectivity index (χ4v) is 1.88. The van der Waals surface area contributed by atoms with E-state index in [1.54, 1.807) is 25.3 Å². The van der Waals surface area contributed by atoms with Gasteiger partial charge in [-0.3, -0.25) is 9.59 Å². The van der Waals surface area contributed by atoms with E-state index in [2.05, 4.69) is 17.2 Å². The number of nitrogens with one attached hydrogen (secondary N) is 1. The maximum absolute atomic E-state index is 12.0. The van der Waals surface area contributed by atoms with Crippen LogP contribution in [0.2, 0.25) is 0 Å². The van der Waals surface area contributed by atoms with Crippen LogP contribution in [-0.4, -0.2) is 23.9 Å². The predicted octanol–water partition coefficient (Wildman–Crippen LogP) is 0.0520. The molecule has 0 atom stereocenters. The molecule has 1 aromatic heterocycles. The van der Waals surface area contributed by atoms with Gasteiger partial charge in [0, 0.05) is 5.56 Å². The third kappa shape index (κ3) is 3.32. The summed E-state index contributed by atoms with van der Waals surface area (Å²) in [7, 11) is 0. The van der Waals surface area contributed by atoms with Crippen LogP contribution in [0.3, 0.4) is 0 Å². The van der Waals surface area contributed by atoms with Gasteiger partial charge in [-0.05, 0) is 25.3 Å². The van der Waals surface area contributed by atoms with Gasteiger partial charge in [0.25, 0.3) is 5.91 Å². The number of carbonyl (C=O) groups excluding carboxylic acids is 2. The van der Waals surface area contributed by atoms with Gasteiger partial charge >= 0.3 is 0 Å². The first-order valence-corrected chi connectivity index (χ1v) is 6.15. The first-order chi connectivity index (χ1) is 8.38. The fraction of sp³-hybridized carbons (Fsp3) is 0.333. The summed E-state index contributed by atoms with van der Waals surface area (Å²) in [6.07, 6.45) is 0. The topological polar surface area (TPSA) is 98.2 Å². The molecule has 0 bridgehead atoms. The summed E-state index contributed by atoms with van der Waals surface area (Å²) in [4.78, 5) is 23.6. The van der Waals surface area contributed by atoms with Crippen molar-refractivity contribution in [2.24, 2.45) is 11.5 Å². The number of hydrogen-bond donors (Lipinski definition) is 3. The molecule has 0 aromatic carbocycles. The molecule has 0 aliphatic heterocycles. The number of amides is 2. The Hall–Kier alpha value is -1.84. The van der Waals surface area contributed by atoms with Gasteiger partial charge in [-0.2, -0.15) is 0 Å². The summed E-state index contributed by atoms with van der Waals surface area (Å²) in [5, 5.41) is 4.33. The van der Waals surface area contributed by atoms with Crippen molar-refractivity contribution in [2.75, 3.05) is 6.54 Å². The number of carbonyl (C=O) groups is 2. The number of primary amides is 1. The SMILES string of the molecule is CC(C)(NC(=O)c1sccc1C#CCN)C(N)=O. The first kappa shape index (κ1) is 14.2. The Kier molecular flexibility index (Phi) is 4.48. The molecule has 0 saturated heterocycles. The summed E-state index contributed by atoms with van der Waals surface area (Å²) in [5.41, 5.74) is 9.98. The van der Waals surface area contributed by atoms with Crippen LogP contribution in [0.4, 0.5) is 0 Å². The molecule has 0 aliphatic carbocycles. The van der Waals surface area contributed by atoms with Gasteiger partial charge in [-0.25, -0.2) is 0 Å². The molecule has 1 aromatic rings. The molecule has 0 fully saturated rings. The third-order valence-corrected chi connectivity index (χ3v) is 3.15. The third-order valence-electron chi connectivity index (χ3n) is 2.24.